The van der Waals surface area contributed by atoms with Gasteiger partial charge in [-0.1, -0.05) is 32.4 Å². The molecule has 0 aliphatic heterocycles. The van der Waals surface area contributed by atoms with E-state index in [2.05, 4.69) is 20.8 Å². The van der Waals surface area contributed by atoms with E-state index in [0.717, 1.165) is 12.8 Å². The van der Waals surface area contributed by atoms with Crippen LogP contribution in [0.25, 0.3) is 0 Å². The Bertz CT molecular complexity index is 598. The van der Waals surface area contributed by atoms with Gasteiger partial charge in [0, 0.05) is 16.1 Å². The van der Waals surface area contributed by atoms with Crippen LogP contribution in [0.4, 0.5) is 5.69 Å². The summed E-state index contributed by atoms with van der Waals surface area (Å²) in [6.45, 7) is 6.85. The van der Waals surface area contributed by atoms with Crippen LogP contribution in [0.15, 0.2) is 18.2 Å². The fraction of sp³-hybridized carbons (Fsp3) is 0.588. The topological polar surface area (TPSA) is 52.3 Å². The van der Waals surface area contributed by atoms with E-state index in [1.54, 1.807) is 18.2 Å². The second-order valence-corrected chi connectivity index (χ2v) is 7.67. The normalized spacial score (nSPS) is 33.1. The maximum Gasteiger partial charge on any atom is 0.340 e. The number of rotatable bonds is 2. The van der Waals surface area contributed by atoms with Gasteiger partial charge in [0.15, 0.2) is 0 Å². The average molecular weight is 308 g/mol. The molecule has 2 aliphatic rings. The lowest BCUT2D eigenvalue weighted by atomic mass is 9.70. The molecule has 0 saturated heterocycles. The van der Waals surface area contributed by atoms with E-state index in [-0.39, 0.29) is 22.9 Å². The molecule has 0 radical (unpaired) electrons. The van der Waals surface area contributed by atoms with Gasteiger partial charge < -0.3 is 10.5 Å². The highest BCUT2D eigenvalue weighted by Gasteiger charge is 2.62. The van der Waals surface area contributed by atoms with Crippen LogP contribution in [0.3, 0.4) is 0 Å². The molecule has 0 spiro atoms. The highest BCUT2D eigenvalue weighted by molar-refractivity contribution is 6.31. The third kappa shape index (κ3) is 2.05. The lowest BCUT2D eigenvalue weighted by Crippen LogP contribution is -2.38. The Kier molecular flexibility index (Phi) is 3.25. The van der Waals surface area contributed by atoms with E-state index in [0.29, 0.717) is 22.2 Å². The first-order valence-electron chi connectivity index (χ1n) is 7.52. The molecule has 3 nitrogen and oxygen atoms in total. The number of carbonyl (C=O) groups is 1. The Morgan fingerprint density at radius 3 is 2.62 bits per heavy atom. The quantitative estimate of drug-likeness (QED) is 0.655. The molecule has 0 aromatic heterocycles. The van der Waals surface area contributed by atoms with Gasteiger partial charge in [0.05, 0.1) is 5.56 Å². The molecule has 3 atom stereocenters. The first-order chi connectivity index (χ1) is 9.75. The Labute approximate surface area is 130 Å². The van der Waals surface area contributed by atoms with Gasteiger partial charge in [-0.25, -0.2) is 4.79 Å². The number of esters is 1. The highest BCUT2D eigenvalue weighted by Crippen LogP contribution is 2.66. The number of ether oxygens (including phenoxy) is 1. The summed E-state index contributed by atoms with van der Waals surface area (Å²) in [7, 11) is 0. The van der Waals surface area contributed by atoms with Crippen LogP contribution in [0.1, 0.15) is 50.4 Å². The molecule has 21 heavy (non-hydrogen) atoms. The van der Waals surface area contributed by atoms with E-state index in [1.807, 2.05) is 0 Å². The van der Waals surface area contributed by atoms with Gasteiger partial charge >= 0.3 is 5.97 Å². The molecule has 2 aliphatic carbocycles. The third-order valence-corrected chi connectivity index (χ3v) is 6.43. The van der Waals surface area contributed by atoms with Gasteiger partial charge in [-0.3, -0.25) is 0 Å². The second-order valence-electron chi connectivity index (χ2n) is 7.24. The molecular weight excluding hydrogens is 286 g/mol. The summed E-state index contributed by atoms with van der Waals surface area (Å²) in [5, 5.41) is 0.525. The van der Waals surface area contributed by atoms with Crippen LogP contribution in [0, 0.1) is 16.7 Å². The Balaban J connectivity index is 1.80. The standard InChI is InChI=1S/C17H22ClNO2/c1-16(2)10-6-7-17(16,3)14(8-10)21-15(20)12-5-4-11(18)9-13(12)19/h4-5,9-10,14H,6-8,19H2,1-3H3. The Morgan fingerprint density at radius 1 is 1.38 bits per heavy atom. The van der Waals surface area contributed by atoms with Crippen LogP contribution in [0.5, 0.6) is 0 Å². The molecule has 3 rings (SSSR count). The van der Waals surface area contributed by atoms with E-state index in [9.17, 15) is 4.79 Å². The summed E-state index contributed by atoms with van der Waals surface area (Å²) in [4.78, 5) is 12.4. The largest absolute Gasteiger partial charge is 0.458 e. The van der Waals surface area contributed by atoms with Crippen molar-refractivity contribution in [3.8, 4) is 0 Å². The predicted octanol–water partition coefficient (Wildman–Crippen LogP) is 4.29. The summed E-state index contributed by atoms with van der Waals surface area (Å²) < 4.78 is 5.83. The fourth-order valence-corrected chi connectivity index (χ4v) is 4.40. The monoisotopic (exact) mass is 307 g/mol. The molecule has 2 N–H and O–H groups in total. The number of nitrogen functional groups attached to an aromatic ring is 1. The van der Waals surface area contributed by atoms with E-state index < -0.39 is 0 Å². The van der Waals surface area contributed by atoms with Crippen LogP contribution >= 0.6 is 11.6 Å². The van der Waals surface area contributed by atoms with Crippen molar-refractivity contribution in [3.63, 3.8) is 0 Å². The summed E-state index contributed by atoms with van der Waals surface area (Å²) >= 11 is 5.87. The van der Waals surface area contributed by atoms with Crippen molar-refractivity contribution in [1.29, 1.82) is 0 Å². The van der Waals surface area contributed by atoms with Gasteiger partial charge in [0.25, 0.3) is 0 Å². The lowest BCUT2D eigenvalue weighted by molar-refractivity contribution is -0.0241. The summed E-state index contributed by atoms with van der Waals surface area (Å²) in [6, 6.07) is 4.90. The zero-order valence-corrected chi connectivity index (χ0v) is 13.5. The van der Waals surface area contributed by atoms with Crippen molar-refractivity contribution in [1.82, 2.24) is 0 Å². The number of nitrogens with two attached hydrogens (primary N) is 1. The van der Waals surface area contributed by atoms with Gasteiger partial charge in [0.2, 0.25) is 0 Å². The molecule has 2 bridgehead atoms. The Morgan fingerprint density at radius 2 is 2.10 bits per heavy atom. The molecular formula is C17H22ClNO2. The van der Waals surface area contributed by atoms with E-state index in [1.165, 1.54) is 6.42 Å². The minimum Gasteiger partial charge on any atom is -0.458 e. The van der Waals surface area contributed by atoms with Gasteiger partial charge in [-0.05, 0) is 48.8 Å². The van der Waals surface area contributed by atoms with E-state index in [4.69, 9.17) is 22.1 Å². The molecule has 4 heteroatoms. The van der Waals surface area contributed by atoms with Crippen LogP contribution in [-0.2, 0) is 4.74 Å². The zero-order chi connectivity index (χ0) is 15.4. The van der Waals surface area contributed by atoms with Crippen molar-refractivity contribution in [3.05, 3.63) is 28.8 Å². The lowest BCUT2D eigenvalue weighted by Gasteiger charge is -2.38. The van der Waals surface area contributed by atoms with Gasteiger partial charge in [0.1, 0.15) is 6.10 Å². The summed E-state index contributed by atoms with van der Waals surface area (Å²) in [5.41, 5.74) is 6.94. The third-order valence-electron chi connectivity index (χ3n) is 6.20. The minimum atomic E-state index is -0.334. The number of carbonyl (C=O) groups excluding carboxylic acids is 1. The molecule has 0 heterocycles. The first kappa shape index (κ1) is 14.7. The maximum atomic E-state index is 12.4. The molecule has 2 fully saturated rings. The smallest absolute Gasteiger partial charge is 0.340 e. The summed E-state index contributed by atoms with van der Waals surface area (Å²) in [5.74, 6) is 0.307. The number of fused-ring (bicyclic) bond motifs is 2. The molecule has 3 unspecified atom stereocenters. The van der Waals surface area contributed by atoms with Crippen molar-refractivity contribution in [2.24, 2.45) is 16.7 Å². The fourth-order valence-electron chi connectivity index (χ4n) is 4.22. The molecule has 0 amide bonds. The summed E-state index contributed by atoms with van der Waals surface area (Å²) in [6.07, 6.45) is 3.30. The zero-order valence-electron chi connectivity index (χ0n) is 12.8. The van der Waals surface area contributed by atoms with Crippen molar-refractivity contribution in [2.45, 2.75) is 46.1 Å². The minimum absolute atomic E-state index is 0.0196. The molecule has 1 aromatic rings. The molecule has 1 aromatic carbocycles. The average Bonchev–Trinajstić information content (AvgIpc) is 2.71. The molecule has 2 saturated carbocycles. The first-order valence-corrected chi connectivity index (χ1v) is 7.89. The number of hydrogen-bond acceptors (Lipinski definition) is 3. The van der Waals surface area contributed by atoms with Crippen LogP contribution in [0.2, 0.25) is 5.02 Å². The van der Waals surface area contributed by atoms with Gasteiger partial charge in [-0.15, -0.1) is 0 Å². The van der Waals surface area contributed by atoms with Crippen LogP contribution < -0.4 is 5.73 Å². The molecule has 114 valence electrons. The SMILES string of the molecule is CC1(C)C2CCC1(C)C(OC(=O)c1ccc(Cl)cc1N)C2. The van der Waals surface area contributed by atoms with Crippen molar-refractivity contribution >= 4 is 23.3 Å². The van der Waals surface area contributed by atoms with Crippen molar-refractivity contribution < 1.29 is 9.53 Å². The number of hydrogen-bond donors (Lipinski definition) is 1. The van der Waals surface area contributed by atoms with Crippen LogP contribution in [-0.4, -0.2) is 12.1 Å². The highest BCUT2D eigenvalue weighted by atomic mass is 35.5. The second kappa shape index (κ2) is 4.64. The maximum absolute atomic E-state index is 12.4. The van der Waals surface area contributed by atoms with Crippen molar-refractivity contribution in [2.75, 3.05) is 5.73 Å². The van der Waals surface area contributed by atoms with E-state index >= 15 is 0 Å². The predicted molar refractivity (Wildman–Crippen MR) is 84.3 cm³/mol. The number of benzene rings is 1. The number of anilines is 1. The Hall–Kier alpha value is -1.22. The number of halogens is 1. The van der Waals surface area contributed by atoms with Gasteiger partial charge in [-0.2, -0.15) is 0 Å².